The van der Waals surface area contributed by atoms with Crippen LogP contribution in [-0.2, 0) is 31.4 Å². The van der Waals surface area contributed by atoms with Crippen LogP contribution in [0.1, 0.15) is 12.5 Å². The number of carboxylic acid groups (broad SMARTS) is 1. The van der Waals surface area contributed by atoms with E-state index in [-0.39, 0.29) is 22.9 Å². The molecule has 0 amide bonds. The third-order valence-electron chi connectivity index (χ3n) is 6.36. The number of benzene rings is 3. The number of carboxylic acids is 1. The number of aliphatic carboxylic acids is 1. The number of sulfonamides is 2. The first-order valence-electron chi connectivity index (χ1n) is 11.7. The lowest BCUT2D eigenvalue weighted by atomic mass is 10.1. The molecule has 12 heteroatoms. The van der Waals surface area contributed by atoms with E-state index in [9.17, 15) is 26.7 Å². The van der Waals surface area contributed by atoms with Gasteiger partial charge >= 0.3 is 5.97 Å². The van der Waals surface area contributed by atoms with E-state index in [1.165, 1.54) is 62.6 Å². The Kier molecular flexibility index (Phi) is 8.07. The molecule has 10 nitrogen and oxygen atoms in total. The molecule has 0 aromatic heterocycles. The molecule has 0 aliphatic carbocycles. The molecular formula is C26H28N2O8S2. The third-order valence-corrected chi connectivity index (χ3v) is 10.3. The maximum absolute atomic E-state index is 13.5. The Morgan fingerprint density at radius 2 is 1.32 bits per heavy atom. The van der Waals surface area contributed by atoms with Crippen LogP contribution in [-0.4, -0.2) is 68.8 Å². The standard InChI is InChI=1S/C26H28N2O8S2/c1-19-25(26(29)30)28(17-16-27(19)37(31,32)23-12-8-21(35-2)9-13-23)38(33,34)24-14-10-22(11-15-24)36-18-20-6-4-3-5-7-20/h3-15,19,25H,16-18H2,1-2H3,(H,29,30). The molecule has 0 spiro atoms. The first kappa shape index (κ1) is 27.6. The van der Waals surface area contributed by atoms with Gasteiger partial charge in [0.1, 0.15) is 24.1 Å². The first-order valence-corrected chi connectivity index (χ1v) is 14.6. The molecule has 0 saturated carbocycles. The Labute approximate surface area is 222 Å². The molecule has 4 rings (SSSR count). The molecule has 0 bridgehead atoms. The lowest BCUT2D eigenvalue weighted by Gasteiger charge is -2.42. The van der Waals surface area contributed by atoms with Crippen molar-refractivity contribution in [1.29, 1.82) is 0 Å². The van der Waals surface area contributed by atoms with Crippen LogP contribution in [0.3, 0.4) is 0 Å². The number of methoxy groups -OCH3 is 1. The van der Waals surface area contributed by atoms with Gasteiger partial charge in [-0.05, 0) is 61.0 Å². The zero-order valence-electron chi connectivity index (χ0n) is 20.8. The normalized spacial score (nSPS) is 19.1. The van der Waals surface area contributed by atoms with Crippen molar-refractivity contribution in [1.82, 2.24) is 8.61 Å². The average molecular weight is 561 g/mol. The van der Waals surface area contributed by atoms with Crippen LogP contribution in [0.2, 0.25) is 0 Å². The Balaban J connectivity index is 1.54. The Morgan fingerprint density at radius 3 is 1.84 bits per heavy atom. The van der Waals surface area contributed by atoms with Gasteiger partial charge in [-0.25, -0.2) is 16.8 Å². The predicted molar refractivity (Wildman–Crippen MR) is 139 cm³/mol. The summed E-state index contributed by atoms with van der Waals surface area (Å²) in [5.41, 5.74) is 0.949. The van der Waals surface area contributed by atoms with E-state index in [1.54, 1.807) is 0 Å². The lowest BCUT2D eigenvalue weighted by Crippen LogP contribution is -2.63. The van der Waals surface area contributed by atoms with Crippen LogP contribution in [0.25, 0.3) is 0 Å². The highest BCUT2D eigenvalue weighted by atomic mass is 32.2. The quantitative estimate of drug-likeness (QED) is 0.423. The molecule has 202 valence electrons. The van der Waals surface area contributed by atoms with Gasteiger partial charge in [-0.15, -0.1) is 0 Å². The first-order chi connectivity index (χ1) is 18.1. The molecule has 1 aliphatic rings. The molecular weight excluding hydrogens is 532 g/mol. The second kappa shape index (κ2) is 11.1. The van der Waals surface area contributed by atoms with E-state index in [0.29, 0.717) is 18.1 Å². The fourth-order valence-corrected chi connectivity index (χ4v) is 7.61. The summed E-state index contributed by atoms with van der Waals surface area (Å²) >= 11 is 0. The number of rotatable bonds is 9. The fraction of sp³-hybridized carbons (Fsp3) is 0.269. The third kappa shape index (κ3) is 5.53. The summed E-state index contributed by atoms with van der Waals surface area (Å²) in [6, 6.07) is 18.1. The van der Waals surface area contributed by atoms with Gasteiger partial charge in [0.05, 0.1) is 16.9 Å². The molecule has 1 saturated heterocycles. The van der Waals surface area contributed by atoms with Gasteiger partial charge in [0, 0.05) is 19.1 Å². The molecule has 2 atom stereocenters. The van der Waals surface area contributed by atoms with E-state index in [1.807, 2.05) is 30.3 Å². The molecule has 0 radical (unpaired) electrons. The van der Waals surface area contributed by atoms with Crippen molar-refractivity contribution < 1.29 is 36.2 Å². The zero-order chi connectivity index (χ0) is 27.5. The van der Waals surface area contributed by atoms with Crippen molar-refractivity contribution in [2.24, 2.45) is 0 Å². The summed E-state index contributed by atoms with van der Waals surface area (Å²) < 4.78 is 66.2. The molecule has 3 aromatic rings. The van der Waals surface area contributed by atoms with E-state index < -0.39 is 38.1 Å². The topological polar surface area (TPSA) is 131 Å². The zero-order valence-corrected chi connectivity index (χ0v) is 22.4. The molecule has 38 heavy (non-hydrogen) atoms. The van der Waals surface area contributed by atoms with Crippen molar-refractivity contribution in [3.8, 4) is 11.5 Å². The van der Waals surface area contributed by atoms with Crippen molar-refractivity contribution in [2.75, 3.05) is 20.2 Å². The monoisotopic (exact) mass is 560 g/mol. The summed E-state index contributed by atoms with van der Waals surface area (Å²) in [7, 11) is -6.90. The SMILES string of the molecule is COc1ccc(S(=O)(=O)N2CCN(S(=O)(=O)c3ccc(OCc4ccccc4)cc3)C(C(=O)O)C2C)cc1. The van der Waals surface area contributed by atoms with E-state index in [2.05, 4.69) is 0 Å². The smallest absolute Gasteiger partial charge is 0.323 e. The highest BCUT2D eigenvalue weighted by Gasteiger charge is 2.48. The van der Waals surface area contributed by atoms with Gasteiger partial charge in [-0.2, -0.15) is 8.61 Å². The number of ether oxygens (including phenoxy) is 2. The summed E-state index contributed by atoms with van der Waals surface area (Å²) in [4.78, 5) is 12.1. The summed E-state index contributed by atoms with van der Waals surface area (Å²) in [5.74, 6) is -0.530. The fourth-order valence-electron chi connectivity index (χ4n) is 4.34. The van der Waals surface area contributed by atoms with Gasteiger partial charge in [0.2, 0.25) is 20.0 Å². The second-order valence-electron chi connectivity index (χ2n) is 8.68. The molecule has 1 N–H and O–H groups in total. The van der Waals surface area contributed by atoms with Crippen LogP contribution >= 0.6 is 0 Å². The largest absolute Gasteiger partial charge is 0.497 e. The average Bonchev–Trinajstić information content (AvgIpc) is 2.92. The van der Waals surface area contributed by atoms with Crippen LogP contribution in [0, 0.1) is 0 Å². The van der Waals surface area contributed by atoms with Gasteiger partial charge < -0.3 is 14.6 Å². The Bertz CT molecular complexity index is 1480. The maximum Gasteiger partial charge on any atom is 0.323 e. The lowest BCUT2D eigenvalue weighted by molar-refractivity contribution is -0.144. The second-order valence-corrected chi connectivity index (χ2v) is 12.5. The minimum absolute atomic E-state index is 0.0447. The minimum atomic E-state index is -4.26. The summed E-state index contributed by atoms with van der Waals surface area (Å²) in [6.45, 7) is 1.15. The van der Waals surface area contributed by atoms with E-state index >= 15 is 0 Å². The maximum atomic E-state index is 13.5. The van der Waals surface area contributed by atoms with E-state index in [4.69, 9.17) is 9.47 Å². The number of hydrogen-bond acceptors (Lipinski definition) is 7. The van der Waals surface area contributed by atoms with Gasteiger partial charge in [-0.3, -0.25) is 4.79 Å². The highest BCUT2D eigenvalue weighted by Crippen LogP contribution is 2.30. The van der Waals surface area contributed by atoms with Gasteiger partial charge in [-0.1, -0.05) is 30.3 Å². The molecule has 1 heterocycles. The highest BCUT2D eigenvalue weighted by molar-refractivity contribution is 7.89. The Morgan fingerprint density at radius 1 is 0.816 bits per heavy atom. The van der Waals surface area contributed by atoms with Crippen LogP contribution < -0.4 is 9.47 Å². The van der Waals surface area contributed by atoms with Crippen molar-refractivity contribution in [3.05, 3.63) is 84.4 Å². The van der Waals surface area contributed by atoms with E-state index in [0.717, 1.165) is 14.2 Å². The molecule has 3 aromatic carbocycles. The van der Waals surface area contributed by atoms with Gasteiger partial charge in [0.25, 0.3) is 0 Å². The number of carbonyl (C=O) groups is 1. The number of nitrogens with zero attached hydrogens (tertiary/aromatic N) is 2. The van der Waals surface area contributed by atoms with Crippen LogP contribution in [0.4, 0.5) is 0 Å². The van der Waals surface area contributed by atoms with Crippen LogP contribution in [0.5, 0.6) is 11.5 Å². The minimum Gasteiger partial charge on any atom is -0.497 e. The number of piperazine rings is 1. The van der Waals surface area contributed by atoms with Crippen molar-refractivity contribution >= 4 is 26.0 Å². The molecule has 1 fully saturated rings. The Hall–Kier alpha value is -3.45. The van der Waals surface area contributed by atoms with Gasteiger partial charge in [0.15, 0.2) is 0 Å². The van der Waals surface area contributed by atoms with Crippen molar-refractivity contribution in [2.45, 2.75) is 35.4 Å². The predicted octanol–water partition coefficient (Wildman–Crippen LogP) is 2.81. The summed E-state index contributed by atoms with van der Waals surface area (Å²) in [5, 5.41) is 9.97. The van der Waals surface area contributed by atoms with Crippen molar-refractivity contribution in [3.63, 3.8) is 0 Å². The molecule has 1 aliphatic heterocycles. The van der Waals surface area contributed by atoms with Crippen LogP contribution in [0.15, 0.2) is 88.7 Å². The number of hydrogen-bond donors (Lipinski definition) is 1. The molecule has 2 unspecified atom stereocenters. The summed E-state index contributed by atoms with van der Waals surface area (Å²) in [6.07, 6.45) is 0.